The number of likely N-dealkylation sites (tertiary alicyclic amines) is 2. The van der Waals surface area contributed by atoms with Crippen LogP contribution in [0.5, 0.6) is 11.5 Å². The zero-order chi connectivity index (χ0) is 38.3. The first-order valence-corrected chi connectivity index (χ1v) is 19.8. The minimum absolute atomic E-state index is 0.168. The maximum absolute atomic E-state index is 13.1. The van der Waals surface area contributed by atoms with E-state index in [1.165, 1.54) is 0 Å². The molecule has 3 aliphatic heterocycles. The third kappa shape index (κ3) is 6.63. The lowest BCUT2D eigenvalue weighted by molar-refractivity contribution is -0.0712. The van der Waals surface area contributed by atoms with Gasteiger partial charge < -0.3 is 28.9 Å². The summed E-state index contributed by atoms with van der Waals surface area (Å²) in [5, 5.41) is 0. The molecule has 0 radical (unpaired) electrons. The Labute approximate surface area is 320 Å². The second-order valence-corrected chi connectivity index (χ2v) is 17.5. The van der Waals surface area contributed by atoms with Gasteiger partial charge in [-0.1, -0.05) is 12.1 Å². The van der Waals surface area contributed by atoms with Crippen molar-refractivity contribution in [1.82, 2.24) is 29.7 Å². The van der Waals surface area contributed by atoms with Crippen molar-refractivity contribution in [3.63, 3.8) is 0 Å². The largest absolute Gasteiger partial charge is 0.448 e. The van der Waals surface area contributed by atoms with Gasteiger partial charge in [-0.25, -0.2) is 19.6 Å². The molecule has 12 nitrogen and oxygen atoms in total. The number of imidazole rings is 2. The molecule has 1 spiro atoms. The van der Waals surface area contributed by atoms with Crippen molar-refractivity contribution in [3.8, 4) is 33.8 Å². The first-order chi connectivity index (χ1) is 26.2. The lowest BCUT2D eigenvalue weighted by Crippen LogP contribution is -2.36. The van der Waals surface area contributed by atoms with Crippen LogP contribution in [0.15, 0.2) is 48.5 Å². The van der Waals surface area contributed by atoms with Crippen LogP contribution >= 0.6 is 0 Å². The van der Waals surface area contributed by atoms with Gasteiger partial charge in [0.15, 0.2) is 11.5 Å². The summed E-state index contributed by atoms with van der Waals surface area (Å²) >= 11 is 0. The predicted octanol–water partition coefficient (Wildman–Crippen LogP) is 9.96. The average molecular weight is 747 g/mol. The fourth-order valence-corrected chi connectivity index (χ4v) is 8.62. The third-order valence-corrected chi connectivity index (χ3v) is 11.1. The number of benzene rings is 3. The van der Waals surface area contributed by atoms with Crippen LogP contribution in [-0.4, -0.2) is 72.0 Å². The molecular weight excluding hydrogens is 697 g/mol. The molecule has 4 aliphatic rings. The standard InChI is InChI=1S/C43H50N6O6/c1-41(2,3)54-39(50)48-21-9-11-33(48)37-44-29-17-13-25(23-31(29)46-37)27-15-16-28(36-35(27)52-43(53-36)19-7-8-20-43)26-14-18-30-32(24-26)47-38(45-30)34-12-10-22-49(34)40(51)55-42(4,5)6/h13-18,23-24,33-34H,7-12,19-22H2,1-6H3,(H,44,46)(H,45,47)/t33-,34-/m0/s1. The Balaban J connectivity index is 1.04. The number of aromatic amines is 2. The number of hydrogen-bond donors (Lipinski definition) is 2. The van der Waals surface area contributed by atoms with Crippen molar-refractivity contribution < 1.29 is 28.5 Å². The van der Waals surface area contributed by atoms with Crippen LogP contribution in [0.3, 0.4) is 0 Å². The summed E-state index contributed by atoms with van der Waals surface area (Å²) in [4.78, 5) is 46.6. The molecule has 2 aromatic heterocycles. The van der Waals surface area contributed by atoms with E-state index < -0.39 is 17.0 Å². The fraction of sp³-hybridized carbons (Fsp3) is 0.488. The van der Waals surface area contributed by atoms with E-state index in [0.717, 1.165) is 119 Å². The van der Waals surface area contributed by atoms with Crippen molar-refractivity contribution in [2.24, 2.45) is 0 Å². The van der Waals surface area contributed by atoms with Crippen LogP contribution < -0.4 is 9.47 Å². The number of rotatable bonds is 4. The molecule has 2 N–H and O–H groups in total. The van der Waals surface area contributed by atoms with E-state index in [1.54, 1.807) is 9.80 Å². The number of ether oxygens (including phenoxy) is 4. The van der Waals surface area contributed by atoms with Crippen LogP contribution in [0.2, 0.25) is 0 Å². The van der Waals surface area contributed by atoms with Gasteiger partial charge in [-0.15, -0.1) is 0 Å². The summed E-state index contributed by atoms with van der Waals surface area (Å²) < 4.78 is 25.1. The molecule has 288 valence electrons. The average Bonchev–Trinajstić information content (AvgIpc) is 3.97. The van der Waals surface area contributed by atoms with Gasteiger partial charge in [-0.2, -0.15) is 0 Å². The Kier molecular flexibility index (Phi) is 8.32. The van der Waals surface area contributed by atoms with Crippen molar-refractivity contribution in [1.29, 1.82) is 0 Å². The Bertz CT molecular complexity index is 2150. The monoisotopic (exact) mass is 746 g/mol. The number of carbonyl (C=O) groups excluding carboxylic acids is 2. The maximum atomic E-state index is 13.1. The normalized spacial score (nSPS) is 20.7. The molecule has 5 heterocycles. The second-order valence-electron chi connectivity index (χ2n) is 17.5. The molecule has 1 aliphatic carbocycles. The highest BCUT2D eigenvalue weighted by atomic mass is 16.7. The summed E-state index contributed by atoms with van der Waals surface area (Å²) in [5.74, 6) is 2.35. The molecule has 12 heteroatoms. The molecule has 0 unspecified atom stereocenters. The molecule has 2 saturated heterocycles. The van der Waals surface area contributed by atoms with Crippen LogP contribution in [0.1, 0.15) is 117 Å². The first kappa shape index (κ1) is 35.4. The zero-order valence-electron chi connectivity index (χ0n) is 32.6. The van der Waals surface area contributed by atoms with Gasteiger partial charge in [0.05, 0.1) is 34.2 Å². The zero-order valence-corrected chi connectivity index (χ0v) is 32.6. The van der Waals surface area contributed by atoms with E-state index in [-0.39, 0.29) is 24.3 Å². The number of hydrogen-bond acceptors (Lipinski definition) is 8. The van der Waals surface area contributed by atoms with Crippen molar-refractivity contribution in [3.05, 3.63) is 60.2 Å². The first-order valence-electron chi connectivity index (χ1n) is 19.8. The van der Waals surface area contributed by atoms with E-state index in [4.69, 9.17) is 28.9 Å². The molecule has 3 aromatic carbocycles. The third-order valence-electron chi connectivity index (χ3n) is 11.1. The Hall–Kier alpha value is -5.26. The fourth-order valence-electron chi connectivity index (χ4n) is 8.62. The number of H-pyrrole nitrogens is 2. The van der Waals surface area contributed by atoms with Gasteiger partial charge in [-0.3, -0.25) is 9.80 Å². The summed E-state index contributed by atoms with van der Waals surface area (Å²) in [5.41, 5.74) is 6.20. The number of fused-ring (bicyclic) bond motifs is 3. The molecule has 5 aromatic rings. The highest BCUT2D eigenvalue weighted by Crippen LogP contribution is 2.55. The Morgan fingerprint density at radius 2 is 1.11 bits per heavy atom. The van der Waals surface area contributed by atoms with Gasteiger partial charge in [0.2, 0.25) is 0 Å². The molecule has 2 amide bonds. The molecule has 1 saturated carbocycles. The molecular formula is C43H50N6O6. The van der Waals surface area contributed by atoms with Gasteiger partial charge in [-0.05, 0) is 128 Å². The minimum atomic E-state index is -0.676. The van der Waals surface area contributed by atoms with Crippen LogP contribution in [0.4, 0.5) is 9.59 Å². The number of aromatic nitrogens is 4. The summed E-state index contributed by atoms with van der Waals surface area (Å²) in [6, 6.07) is 16.3. The van der Waals surface area contributed by atoms with Gasteiger partial charge in [0.1, 0.15) is 22.9 Å². The summed E-state index contributed by atoms with van der Waals surface area (Å²) in [6.07, 6.45) is 6.58. The summed E-state index contributed by atoms with van der Waals surface area (Å²) in [6.45, 7) is 12.6. The molecule has 9 rings (SSSR count). The van der Waals surface area contributed by atoms with E-state index >= 15 is 0 Å². The van der Waals surface area contributed by atoms with E-state index in [0.29, 0.717) is 13.1 Å². The number of carbonyl (C=O) groups is 2. The van der Waals surface area contributed by atoms with Gasteiger partial charge >= 0.3 is 12.2 Å². The molecule has 2 atom stereocenters. The topological polar surface area (TPSA) is 135 Å². The quantitative estimate of drug-likeness (QED) is 0.186. The summed E-state index contributed by atoms with van der Waals surface area (Å²) in [7, 11) is 0. The van der Waals surface area contributed by atoms with Crippen molar-refractivity contribution in [2.75, 3.05) is 13.1 Å². The lowest BCUT2D eigenvalue weighted by atomic mass is 9.97. The molecule has 55 heavy (non-hydrogen) atoms. The van der Waals surface area contributed by atoms with E-state index in [1.807, 2.05) is 53.7 Å². The molecule has 3 fully saturated rings. The highest BCUT2D eigenvalue weighted by molar-refractivity contribution is 5.90. The highest BCUT2D eigenvalue weighted by Gasteiger charge is 2.46. The Morgan fingerprint density at radius 1 is 0.673 bits per heavy atom. The molecule has 0 bridgehead atoms. The van der Waals surface area contributed by atoms with Gasteiger partial charge in [0, 0.05) is 37.1 Å². The maximum Gasteiger partial charge on any atom is 0.410 e. The minimum Gasteiger partial charge on any atom is -0.448 e. The smallest absolute Gasteiger partial charge is 0.410 e. The van der Waals surface area contributed by atoms with E-state index in [2.05, 4.69) is 46.4 Å². The predicted molar refractivity (Wildman–Crippen MR) is 209 cm³/mol. The van der Waals surface area contributed by atoms with Crippen molar-refractivity contribution >= 4 is 34.3 Å². The van der Waals surface area contributed by atoms with E-state index in [9.17, 15) is 9.59 Å². The van der Waals surface area contributed by atoms with Gasteiger partial charge in [0.25, 0.3) is 5.79 Å². The Morgan fingerprint density at radius 3 is 1.53 bits per heavy atom. The SMILES string of the molecule is CC(C)(C)OC(=O)N1CCC[C@H]1c1nc2ccc(-c3ccc(-c4ccc5nc([C@@H]6CCCN6C(=O)OC(C)(C)C)[nH]c5c4)c4c3OC3(CCCC3)O4)cc2[nH]1. The van der Waals surface area contributed by atoms with Crippen LogP contribution in [0, 0.1) is 0 Å². The van der Waals surface area contributed by atoms with Crippen LogP contribution in [0.25, 0.3) is 44.3 Å². The lowest BCUT2D eigenvalue weighted by Gasteiger charge is -2.27. The number of nitrogens with zero attached hydrogens (tertiary/aromatic N) is 4. The van der Waals surface area contributed by atoms with Crippen molar-refractivity contribution in [2.45, 2.75) is 122 Å². The number of nitrogens with one attached hydrogen (secondary N) is 2. The second kappa shape index (κ2) is 12.9. The number of amides is 2. The van der Waals surface area contributed by atoms with Crippen LogP contribution in [-0.2, 0) is 9.47 Å².